The molecule has 1 saturated heterocycles. The van der Waals surface area contributed by atoms with Gasteiger partial charge in [-0.1, -0.05) is 0 Å². The van der Waals surface area contributed by atoms with Crippen LogP contribution >= 0.6 is 0 Å². The minimum absolute atomic E-state index is 0.168. The lowest BCUT2D eigenvalue weighted by atomic mass is 10.3. The summed E-state index contributed by atoms with van der Waals surface area (Å²) in [5, 5.41) is 11.5. The number of pyridine rings is 1. The fraction of sp³-hybridized carbons (Fsp3) is 0.455. The van der Waals surface area contributed by atoms with E-state index < -0.39 is 0 Å². The van der Waals surface area contributed by atoms with Gasteiger partial charge < -0.3 is 10.2 Å². The summed E-state index contributed by atoms with van der Waals surface area (Å²) in [5.41, 5.74) is 0.431. The molecule has 0 spiro atoms. The third kappa shape index (κ3) is 2.50. The van der Waals surface area contributed by atoms with Gasteiger partial charge in [0.1, 0.15) is 5.82 Å². The number of hydrogen-bond donors (Lipinski definition) is 1. The molecule has 0 unspecified atom stereocenters. The molecule has 1 aliphatic rings. The maximum absolute atomic E-state index is 11.0. The second kappa shape index (κ2) is 4.78. The zero-order valence-corrected chi connectivity index (χ0v) is 9.68. The molecule has 2 rings (SSSR count). The number of nitrogens with one attached hydrogen (secondary N) is 1. The van der Waals surface area contributed by atoms with E-state index in [1.54, 1.807) is 12.1 Å². The number of rotatable bonds is 2. The van der Waals surface area contributed by atoms with Crippen LogP contribution in [0.15, 0.2) is 12.1 Å². The van der Waals surface area contributed by atoms with Crippen molar-refractivity contribution in [1.29, 1.82) is 5.39 Å². The Kier molecular flexibility index (Phi) is 3.19. The first-order valence-corrected chi connectivity index (χ1v) is 5.59. The van der Waals surface area contributed by atoms with Gasteiger partial charge in [-0.15, -0.1) is 0 Å². The summed E-state index contributed by atoms with van der Waals surface area (Å²) in [6.07, 6.45) is 2.22. The fourth-order valence-corrected chi connectivity index (χ4v) is 1.93. The molecule has 1 aromatic rings. The van der Waals surface area contributed by atoms with Crippen LogP contribution in [0.2, 0.25) is 0 Å². The molecule has 0 aromatic carbocycles. The van der Waals surface area contributed by atoms with E-state index in [1.807, 2.05) is 0 Å². The maximum atomic E-state index is 11.0. The van der Waals surface area contributed by atoms with Crippen molar-refractivity contribution in [2.75, 3.05) is 23.3 Å². The maximum Gasteiger partial charge on any atom is 0.427 e. The number of diazo groups is 1. The van der Waals surface area contributed by atoms with E-state index in [0.29, 0.717) is 17.3 Å². The molecule has 1 N–H and O–H groups in total. The Morgan fingerprint density at radius 2 is 2.18 bits per heavy atom. The van der Waals surface area contributed by atoms with Gasteiger partial charge in [0.15, 0.2) is 4.98 Å². The first-order valence-electron chi connectivity index (χ1n) is 5.59. The second-order valence-corrected chi connectivity index (χ2v) is 4.01. The average molecular weight is 232 g/mol. The third-order valence-electron chi connectivity index (χ3n) is 2.67. The monoisotopic (exact) mass is 232 g/mol. The number of anilines is 2. The molecule has 6 heteroatoms. The number of aromatic nitrogens is 1. The van der Waals surface area contributed by atoms with Crippen LogP contribution in [0.3, 0.4) is 0 Å². The molecular weight excluding hydrogens is 218 g/mol. The van der Waals surface area contributed by atoms with Gasteiger partial charge >= 0.3 is 5.69 Å². The van der Waals surface area contributed by atoms with Crippen LogP contribution in [0, 0.1) is 5.39 Å². The van der Waals surface area contributed by atoms with Crippen molar-refractivity contribution in [3.63, 3.8) is 0 Å². The van der Waals surface area contributed by atoms with E-state index in [4.69, 9.17) is 5.39 Å². The van der Waals surface area contributed by atoms with Gasteiger partial charge in [-0.2, -0.15) is 0 Å². The van der Waals surface area contributed by atoms with Crippen LogP contribution in [-0.2, 0) is 4.79 Å². The normalized spacial score (nSPS) is 14.5. The van der Waals surface area contributed by atoms with Crippen LogP contribution in [-0.4, -0.2) is 24.0 Å². The summed E-state index contributed by atoms with van der Waals surface area (Å²) < 4.78 is 0. The summed E-state index contributed by atoms with van der Waals surface area (Å²) >= 11 is 0. The Morgan fingerprint density at radius 1 is 1.47 bits per heavy atom. The summed E-state index contributed by atoms with van der Waals surface area (Å²) in [7, 11) is 0. The molecular formula is C11H14N5O+. The number of amides is 1. The molecule has 17 heavy (non-hydrogen) atoms. The topological polar surface area (TPSA) is 73.4 Å². The SMILES string of the molecule is CC(=O)Nc1ccc([N+]#N)c(N2CCCC2)n1. The lowest BCUT2D eigenvalue weighted by molar-refractivity contribution is -0.114. The minimum atomic E-state index is -0.168. The average Bonchev–Trinajstić information content (AvgIpc) is 2.81. The van der Waals surface area contributed by atoms with Crippen molar-refractivity contribution < 1.29 is 4.79 Å². The highest BCUT2D eigenvalue weighted by Gasteiger charge is 2.24. The van der Waals surface area contributed by atoms with Crippen molar-refractivity contribution >= 4 is 23.2 Å². The molecule has 1 aromatic heterocycles. The number of carbonyl (C=O) groups is 1. The second-order valence-electron chi connectivity index (χ2n) is 4.01. The first-order chi connectivity index (χ1) is 8.20. The van der Waals surface area contributed by atoms with Crippen molar-refractivity contribution in [2.45, 2.75) is 19.8 Å². The number of hydrogen-bond acceptors (Lipinski definition) is 4. The van der Waals surface area contributed by atoms with Crippen molar-refractivity contribution in [2.24, 2.45) is 0 Å². The molecule has 0 radical (unpaired) electrons. The van der Waals surface area contributed by atoms with E-state index in [-0.39, 0.29) is 5.91 Å². The van der Waals surface area contributed by atoms with Crippen molar-refractivity contribution in [3.05, 3.63) is 17.1 Å². The van der Waals surface area contributed by atoms with Crippen LogP contribution < -0.4 is 10.2 Å². The van der Waals surface area contributed by atoms with Crippen LogP contribution in [0.4, 0.5) is 17.3 Å². The Balaban J connectivity index is 2.32. The number of carbonyl (C=O) groups excluding carboxylic acids is 1. The lowest BCUT2D eigenvalue weighted by Crippen LogP contribution is -2.20. The van der Waals surface area contributed by atoms with Crippen LogP contribution in [0.5, 0.6) is 0 Å². The summed E-state index contributed by atoms with van der Waals surface area (Å²) in [4.78, 5) is 20.5. The highest BCUT2D eigenvalue weighted by molar-refractivity contribution is 5.88. The van der Waals surface area contributed by atoms with E-state index in [9.17, 15) is 4.79 Å². The lowest BCUT2D eigenvalue weighted by Gasteiger charge is -2.14. The molecule has 0 bridgehead atoms. The standard InChI is InChI=1S/C11H13N5O/c1-8(17)13-10-5-4-9(15-12)11(14-10)16-6-2-3-7-16/h4-5H,2-3,6-7H2,1H3/p+1. The zero-order valence-electron chi connectivity index (χ0n) is 9.68. The Hall–Kier alpha value is -2.16. The quantitative estimate of drug-likeness (QED) is 0.793. The highest BCUT2D eigenvalue weighted by atomic mass is 16.1. The number of nitrogens with zero attached hydrogens (tertiary/aromatic N) is 4. The van der Waals surface area contributed by atoms with Gasteiger partial charge in [-0.25, -0.2) is 4.98 Å². The summed E-state index contributed by atoms with van der Waals surface area (Å²) in [5.74, 6) is 0.932. The zero-order chi connectivity index (χ0) is 12.3. The highest BCUT2D eigenvalue weighted by Crippen LogP contribution is 2.30. The van der Waals surface area contributed by atoms with E-state index in [0.717, 1.165) is 25.9 Å². The molecule has 6 nitrogen and oxygen atoms in total. The summed E-state index contributed by atoms with van der Waals surface area (Å²) in [6, 6.07) is 3.27. The first kappa shape index (κ1) is 11.3. The van der Waals surface area contributed by atoms with Gasteiger partial charge in [0.05, 0.1) is 0 Å². The molecule has 1 fully saturated rings. The molecule has 88 valence electrons. The summed E-state index contributed by atoms with van der Waals surface area (Å²) in [6.45, 7) is 3.24. The van der Waals surface area contributed by atoms with Gasteiger partial charge in [-0.3, -0.25) is 4.79 Å². The Bertz CT molecular complexity index is 473. The van der Waals surface area contributed by atoms with Crippen LogP contribution in [0.25, 0.3) is 4.98 Å². The molecule has 1 aliphatic heterocycles. The molecule has 0 saturated carbocycles. The van der Waals surface area contributed by atoms with Gasteiger partial charge in [0.25, 0.3) is 0 Å². The smallest absolute Gasteiger partial charge is 0.350 e. The van der Waals surface area contributed by atoms with Crippen molar-refractivity contribution in [3.8, 4) is 0 Å². The van der Waals surface area contributed by atoms with Gasteiger partial charge in [-0.05, 0) is 18.9 Å². The van der Waals surface area contributed by atoms with E-state index in [1.165, 1.54) is 6.92 Å². The van der Waals surface area contributed by atoms with Gasteiger partial charge in [0.2, 0.25) is 17.1 Å². The third-order valence-corrected chi connectivity index (χ3v) is 2.67. The fourth-order valence-electron chi connectivity index (χ4n) is 1.93. The van der Waals surface area contributed by atoms with Gasteiger partial charge in [0, 0.05) is 26.1 Å². The predicted molar refractivity (Wildman–Crippen MR) is 64.7 cm³/mol. The largest absolute Gasteiger partial charge is 0.427 e. The van der Waals surface area contributed by atoms with Crippen molar-refractivity contribution in [1.82, 2.24) is 4.98 Å². The predicted octanol–water partition coefficient (Wildman–Crippen LogP) is 2.12. The molecule has 0 atom stereocenters. The molecule has 0 aliphatic carbocycles. The molecule has 2 heterocycles. The Labute approximate surface area is 99.3 Å². The Morgan fingerprint density at radius 3 is 2.76 bits per heavy atom. The van der Waals surface area contributed by atoms with E-state index in [2.05, 4.69) is 20.2 Å². The minimum Gasteiger partial charge on any atom is -0.350 e. The van der Waals surface area contributed by atoms with Crippen LogP contribution in [0.1, 0.15) is 19.8 Å². The molecule has 1 amide bonds. The van der Waals surface area contributed by atoms with E-state index >= 15 is 0 Å².